The highest BCUT2D eigenvalue weighted by molar-refractivity contribution is 7.91. The number of benzene rings is 2. The number of anilines is 3. The highest BCUT2D eigenvalue weighted by atomic mass is 35.5. The molecule has 14 heteroatoms. The largest absolute Gasteiger partial charge is 0.478 e. The van der Waals surface area contributed by atoms with Crippen LogP contribution in [0.25, 0.3) is 5.95 Å². The maximum absolute atomic E-state index is 12.3. The summed E-state index contributed by atoms with van der Waals surface area (Å²) < 4.78 is 25.9. The summed E-state index contributed by atoms with van der Waals surface area (Å²) in [4.78, 5) is 24.1. The van der Waals surface area contributed by atoms with Gasteiger partial charge in [-0.15, -0.1) is 5.11 Å². The first-order chi connectivity index (χ1) is 18.6. The Morgan fingerprint density at radius 2 is 1.87 bits per heavy atom. The van der Waals surface area contributed by atoms with Gasteiger partial charge in [-0.1, -0.05) is 6.92 Å². The number of nitrogens with two attached hydrogens (primary N) is 1. The minimum Gasteiger partial charge on any atom is -0.478 e. The molecule has 4 rings (SSSR count). The quantitative estimate of drug-likeness (QED) is 0.146. The summed E-state index contributed by atoms with van der Waals surface area (Å²) in [5, 5.41) is 20.7. The zero-order valence-corrected chi connectivity index (χ0v) is 22.5. The van der Waals surface area contributed by atoms with Crippen molar-refractivity contribution in [2.45, 2.75) is 25.2 Å². The summed E-state index contributed by atoms with van der Waals surface area (Å²) in [5.74, 6) is -0.893. The lowest BCUT2D eigenvalue weighted by Gasteiger charge is -2.09. The Kier molecular flexibility index (Phi) is 8.12. The van der Waals surface area contributed by atoms with Crippen LogP contribution in [0.3, 0.4) is 0 Å². The van der Waals surface area contributed by atoms with Gasteiger partial charge in [0.15, 0.2) is 9.84 Å². The molecule has 4 N–H and O–H groups in total. The number of azo groups is 1. The van der Waals surface area contributed by atoms with Crippen LogP contribution >= 0.6 is 11.6 Å². The third-order valence-electron chi connectivity index (χ3n) is 5.45. The van der Waals surface area contributed by atoms with Gasteiger partial charge in [-0.3, -0.25) is 0 Å². The molecule has 0 spiro atoms. The monoisotopic (exact) mass is 567 g/mol. The Labute approximate surface area is 229 Å². The van der Waals surface area contributed by atoms with Crippen LogP contribution in [0, 0.1) is 6.92 Å². The number of pyridine rings is 1. The number of nitrogens with zero attached hydrogens (tertiary/aromatic N) is 6. The highest BCUT2D eigenvalue weighted by Crippen LogP contribution is 2.33. The molecule has 2 aromatic heterocycles. The van der Waals surface area contributed by atoms with E-state index < -0.39 is 15.8 Å². The molecule has 2 aromatic carbocycles. The van der Waals surface area contributed by atoms with Crippen LogP contribution in [0.5, 0.6) is 0 Å². The number of carboxylic acid groups (broad SMARTS) is 1. The van der Waals surface area contributed by atoms with Crippen LogP contribution in [0.2, 0.25) is 5.28 Å². The lowest BCUT2D eigenvalue weighted by Crippen LogP contribution is -2.34. The van der Waals surface area contributed by atoms with E-state index in [1.54, 1.807) is 36.5 Å². The second kappa shape index (κ2) is 11.5. The molecule has 0 saturated heterocycles. The van der Waals surface area contributed by atoms with E-state index in [-0.39, 0.29) is 33.4 Å². The van der Waals surface area contributed by atoms with Crippen LogP contribution in [0.15, 0.2) is 76.0 Å². The number of nitrogens with one attached hydrogen (secondary N) is 1. The molecule has 0 aliphatic rings. The van der Waals surface area contributed by atoms with Gasteiger partial charge in [0.25, 0.3) is 0 Å². The molecule has 39 heavy (non-hydrogen) atoms. The smallest absolute Gasteiger partial charge is 0.444 e. The van der Waals surface area contributed by atoms with Crippen molar-refractivity contribution in [2.24, 2.45) is 10.2 Å². The molecule has 4 aromatic rings. The van der Waals surface area contributed by atoms with Crippen LogP contribution < -0.4 is 15.6 Å². The number of halogens is 1. The molecule has 0 radical (unpaired) electrons. The molecule has 0 aliphatic heterocycles. The highest BCUT2D eigenvalue weighted by Gasteiger charge is 2.19. The fourth-order valence-electron chi connectivity index (χ4n) is 3.47. The van der Waals surface area contributed by atoms with Crippen LogP contribution in [-0.2, 0) is 9.84 Å². The third-order valence-corrected chi connectivity index (χ3v) is 7.55. The lowest BCUT2D eigenvalue weighted by atomic mass is 10.1. The molecule has 0 saturated carbocycles. The van der Waals surface area contributed by atoms with Gasteiger partial charge in [0.1, 0.15) is 5.69 Å². The molecule has 0 unspecified atom stereocenters. The molecule has 12 nitrogen and oxygen atoms in total. The number of rotatable bonds is 9. The third kappa shape index (κ3) is 6.69. The van der Waals surface area contributed by atoms with Crippen molar-refractivity contribution >= 4 is 56.1 Å². The Bertz CT molecular complexity index is 1680. The summed E-state index contributed by atoms with van der Waals surface area (Å²) in [7, 11) is -3.34. The number of carbonyl (C=O) groups is 1. The van der Waals surface area contributed by atoms with Gasteiger partial charge in [-0.2, -0.15) is 10.1 Å². The average Bonchev–Trinajstić information content (AvgIpc) is 2.90. The standard InChI is InChI=1S/C25H23ClN8O4S/c1-3-11-39(37,38)18-8-6-17(7-9-18)32-33-21-12-15(2)19(27)13-20(21)28-24-29-23(26)30-25(31-24)34-10-4-5-16(14-34)22(35)36/h4-10,12-14H,3,11H2,1-2H3,(H3-,27,28,29,30,31,32,35,36)/p+1. The Hall–Kier alpha value is -4.49. The molecule has 0 bridgehead atoms. The fraction of sp³-hybridized carbons (Fsp3) is 0.160. The zero-order chi connectivity index (χ0) is 28.2. The minimum atomic E-state index is -3.34. The Morgan fingerprint density at radius 1 is 1.13 bits per heavy atom. The van der Waals surface area contributed by atoms with E-state index in [4.69, 9.17) is 17.3 Å². The van der Waals surface area contributed by atoms with Crippen molar-refractivity contribution in [3.05, 3.63) is 77.3 Å². The summed E-state index contributed by atoms with van der Waals surface area (Å²) in [5.41, 5.74) is 8.66. The predicted molar refractivity (Wildman–Crippen MR) is 145 cm³/mol. The van der Waals surface area contributed by atoms with Crippen molar-refractivity contribution in [3.8, 4) is 5.95 Å². The van der Waals surface area contributed by atoms with Crippen molar-refractivity contribution in [1.82, 2.24) is 15.0 Å². The molecule has 0 amide bonds. The number of aromatic carboxylic acids is 1. The number of carboxylic acids is 1. The summed E-state index contributed by atoms with van der Waals surface area (Å²) in [6, 6.07) is 12.5. The fourth-order valence-corrected chi connectivity index (χ4v) is 4.95. The van der Waals surface area contributed by atoms with E-state index in [1.807, 2.05) is 13.8 Å². The van der Waals surface area contributed by atoms with Crippen molar-refractivity contribution in [1.29, 1.82) is 0 Å². The Morgan fingerprint density at radius 3 is 2.56 bits per heavy atom. The van der Waals surface area contributed by atoms with Crippen molar-refractivity contribution < 1.29 is 22.9 Å². The summed E-state index contributed by atoms with van der Waals surface area (Å²) in [6.45, 7) is 3.62. The first-order valence-electron chi connectivity index (χ1n) is 11.6. The molecule has 0 fully saturated rings. The van der Waals surface area contributed by atoms with Crippen molar-refractivity contribution in [3.63, 3.8) is 0 Å². The van der Waals surface area contributed by atoms with Gasteiger partial charge in [-0.05, 0) is 89.0 Å². The van der Waals surface area contributed by atoms with Crippen molar-refractivity contribution in [2.75, 3.05) is 16.8 Å². The number of aromatic nitrogens is 4. The van der Waals surface area contributed by atoms with Gasteiger partial charge in [0, 0.05) is 5.69 Å². The van der Waals surface area contributed by atoms with Gasteiger partial charge in [-0.25, -0.2) is 17.8 Å². The molecule has 200 valence electrons. The number of sulfone groups is 1. The SMILES string of the molecule is CCCS(=O)(=O)c1ccc(N=Nc2cc(C)c(N)cc2Nc2nc(Cl)nc(-[n+]3cccc(C(=O)O)c3)n2)cc1. The van der Waals surface area contributed by atoms with E-state index in [0.29, 0.717) is 29.2 Å². The topological polar surface area (TPSA) is 177 Å². The Balaban J connectivity index is 1.65. The number of hydrogen-bond acceptors (Lipinski definition) is 10. The normalized spacial score (nSPS) is 11.6. The first kappa shape index (κ1) is 27.5. The molecule has 0 aliphatic carbocycles. The number of nitrogen functional groups attached to an aromatic ring is 1. The van der Waals surface area contributed by atoms with E-state index in [9.17, 15) is 18.3 Å². The second-order valence-corrected chi connectivity index (χ2v) is 10.8. The summed E-state index contributed by atoms with van der Waals surface area (Å²) in [6.07, 6.45) is 3.45. The molecule has 0 atom stereocenters. The predicted octanol–water partition coefficient (Wildman–Crippen LogP) is 4.73. The maximum atomic E-state index is 12.3. The molecular weight excluding hydrogens is 544 g/mol. The average molecular weight is 568 g/mol. The van der Waals surface area contributed by atoms with Gasteiger partial charge >= 0.3 is 23.1 Å². The van der Waals surface area contributed by atoms with Crippen LogP contribution in [0.1, 0.15) is 29.3 Å². The van der Waals surface area contributed by atoms with E-state index >= 15 is 0 Å². The summed E-state index contributed by atoms with van der Waals surface area (Å²) >= 11 is 6.13. The first-order valence-corrected chi connectivity index (χ1v) is 13.7. The molecular formula is C25H24ClN8O4S+. The second-order valence-electron chi connectivity index (χ2n) is 8.40. The van der Waals surface area contributed by atoms with E-state index in [1.165, 1.54) is 29.0 Å². The van der Waals surface area contributed by atoms with Gasteiger partial charge in [0.2, 0.25) is 0 Å². The minimum absolute atomic E-state index is 0.0357. The van der Waals surface area contributed by atoms with Gasteiger partial charge < -0.3 is 16.2 Å². The maximum Gasteiger partial charge on any atom is 0.444 e. The number of hydrogen-bond donors (Lipinski definition) is 3. The number of aryl methyl sites for hydroxylation is 1. The van der Waals surface area contributed by atoms with E-state index in [2.05, 4.69) is 30.5 Å². The zero-order valence-electron chi connectivity index (χ0n) is 20.9. The lowest BCUT2D eigenvalue weighted by molar-refractivity contribution is -0.603. The molecule has 2 heterocycles. The van der Waals surface area contributed by atoms with Crippen LogP contribution in [0.4, 0.5) is 28.7 Å². The van der Waals surface area contributed by atoms with Gasteiger partial charge in [0.05, 0.1) is 40.0 Å². The van der Waals surface area contributed by atoms with E-state index in [0.717, 1.165) is 5.56 Å². The van der Waals surface area contributed by atoms with Crippen LogP contribution in [-0.4, -0.2) is 40.2 Å².